The van der Waals surface area contributed by atoms with Crippen LogP contribution in [0, 0.1) is 13.8 Å². The maximum absolute atomic E-state index is 12.3. The summed E-state index contributed by atoms with van der Waals surface area (Å²) < 4.78 is 22.7. The van der Waals surface area contributed by atoms with Crippen LogP contribution in [0.4, 0.5) is 11.4 Å². The third kappa shape index (κ3) is 4.33. The summed E-state index contributed by atoms with van der Waals surface area (Å²) in [5.74, 6) is -0.275. The monoisotopic (exact) mass is 347 g/mol. The predicted molar refractivity (Wildman–Crippen MR) is 95.4 cm³/mol. The van der Waals surface area contributed by atoms with Crippen molar-refractivity contribution in [3.63, 3.8) is 0 Å². The number of sulfonamides is 1. The maximum atomic E-state index is 12.3. The molecule has 1 amide bonds. The number of carbonyl (C=O) groups excluding carboxylic acids is 1. The van der Waals surface area contributed by atoms with Crippen molar-refractivity contribution < 1.29 is 13.2 Å². The van der Waals surface area contributed by atoms with Crippen LogP contribution in [0.15, 0.2) is 47.4 Å². The average Bonchev–Trinajstić information content (AvgIpc) is 2.51. The van der Waals surface area contributed by atoms with Crippen LogP contribution >= 0.6 is 0 Å². The molecule has 0 aliphatic rings. The molecule has 0 aliphatic heterocycles. The van der Waals surface area contributed by atoms with E-state index in [0.29, 0.717) is 5.69 Å². The van der Waals surface area contributed by atoms with Gasteiger partial charge in [0.25, 0.3) is 0 Å². The molecule has 0 aromatic heterocycles. The van der Waals surface area contributed by atoms with Crippen molar-refractivity contribution in [1.29, 1.82) is 0 Å². The number of nitrogens with two attached hydrogens (primary N) is 1. The smallest absolute Gasteiger partial charge is 0.246 e. The van der Waals surface area contributed by atoms with Gasteiger partial charge >= 0.3 is 0 Å². The third-order valence-corrected chi connectivity index (χ3v) is 4.71. The van der Waals surface area contributed by atoms with E-state index in [-0.39, 0.29) is 10.8 Å². The van der Waals surface area contributed by atoms with Gasteiger partial charge in [0.05, 0.1) is 4.90 Å². The number of anilines is 2. The molecule has 2 aromatic rings. The summed E-state index contributed by atoms with van der Waals surface area (Å²) >= 11 is 0. The SMILES string of the molecule is Cc1cccc(N[C@@H](C)C(=O)Nc2cccc(S(N)(=O)=O)c2)c1C. The summed E-state index contributed by atoms with van der Waals surface area (Å²) in [6, 6.07) is 11.2. The Morgan fingerprint density at radius 2 is 1.79 bits per heavy atom. The van der Waals surface area contributed by atoms with Gasteiger partial charge in [0.2, 0.25) is 15.9 Å². The fraction of sp³-hybridized carbons (Fsp3) is 0.235. The van der Waals surface area contributed by atoms with E-state index in [9.17, 15) is 13.2 Å². The van der Waals surface area contributed by atoms with E-state index in [0.717, 1.165) is 16.8 Å². The van der Waals surface area contributed by atoms with Gasteiger partial charge in [-0.3, -0.25) is 4.79 Å². The highest BCUT2D eigenvalue weighted by molar-refractivity contribution is 7.89. The van der Waals surface area contributed by atoms with Crippen LogP contribution in [-0.4, -0.2) is 20.4 Å². The summed E-state index contributed by atoms with van der Waals surface area (Å²) in [5, 5.41) is 10.9. The number of amides is 1. The van der Waals surface area contributed by atoms with Crippen molar-refractivity contribution in [2.24, 2.45) is 5.14 Å². The lowest BCUT2D eigenvalue weighted by Crippen LogP contribution is -2.32. The molecule has 1 atom stereocenters. The zero-order chi connectivity index (χ0) is 17.9. The van der Waals surface area contributed by atoms with Crippen molar-refractivity contribution in [1.82, 2.24) is 0 Å². The lowest BCUT2D eigenvalue weighted by molar-refractivity contribution is -0.116. The highest BCUT2D eigenvalue weighted by atomic mass is 32.2. The van der Waals surface area contributed by atoms with E-state index >= 15 is 0 Å². The number of aryl methyl sites for hydroxylation is 1. The van der Waals surface area contributed by atoms with E-state index in [1.807, 2.05) is 32.0 Å². The topological polar surface area (TPSA) is 101 Å². The molecule has 0 saturated carbocycles. The molecule has 128 valence electrons. The van der Waals surface area contributed by atoms with Gasteiger partial charge in [0, 0.05) is 11.4 Å². The zero-order valence-corrected chi connectivity index (χ0v) is 14.6. The number of hydrogen-bond donors (Lipinski definition) is 3. The molecule has 0 heterocycles. The molecule has 24 heavy (non-hydrogen) atoms. The number of primary sulfonamides is 1. The largest absolute Gasteiger partial charge is 0.374 e. The number of rotatable bonds is 5. The van der Waals surface area contributed by atoms with E-state index in [1.54, 1.807) is 13.0 Å². The quantitative estimate of drug-likeness (QED) is 0.773. The molecule has 0 fully saturated rings. The Morgan fingerprint density at radius 1 is 1.12 bits per heavy atom. The molecule has 0 radical (unpaired) electrons. The van der Waals surface area contributed by atoms with Gasteiger partial charge in [-0.1, -0.05) is 18.2 Å². The second kappa shape index (κ2) is 7.02. The number of benzene rings is 2. The van der Waals surface area contributed by atoms with Crippen molar-refractivity contribution >= 4 is 27.3 Å². The third-order valence-electron chi connectivity index (χ3n) is 3.80. The highest BCUT2D eigenvalue weighted by Gasteiger charge is 2.15. The standard InChI is InChI=1S/C17H21N3O3S/c1-11-6-4-9-16(12(11)2)19-13(3)17(21)20-14-7-5-8-15(10-14)24(18,22)23/h4-10,13,19H,1-3H3,(H,20,21)(H2,18,22,23)/t13-/m0/s1. The summed E-state index contributed by atoms with van der Waals surface area (Å²) in [7, 11) is -3.81. The molecule has 4 N–H and O–H groups in total. The summed E-state index contributed by atoms with van der Waals surface area (Å²) in [4.78, 5) is 12.3. The van der Waals surface area contributed by atoms with Crippen LogP contribution in [0.3, 0.4) is 0 Å². The fourth-order valence-corrected chi connectivity index (χ4v) is 2.77. The highest BCUT2D eigenvalue weighted by Crippen LogP contribution is 2.19. The maximum Gasteiger partial charge on any atom is 0.246 e. The van der Waals surface area contributed by atoms with E-state index in [2.05, 4.69) is 10.6 Å². The van der Waals surface area contributed by atoms with Crippen LogP contribution in [0.1, 0.15) is 18.1 Å². The molecular weight excluding hydrogens is 326 g/mol. The second-order valence-electron chi connectivity index (χ2n) is 5.68. The average molecular weight is 347 g/mol. The van der Waals surface area contributed by atoms with Gasteiger partial charge in [-0.2, -0.15) is 0 Å². The summed E-state index contributed by atoms with van der Waals surface area (Å²) in [6.45, 7) is 5.72. The molecule has 0 spiro atoms. The summed E-state index contributed by atoms with van der Waals surface area (Å²) in [5.41, 5.74) is 3.47. The molecule has 2 rings (SSSR count). The zero-order valence-electron chi connectivity index (χ0n) is 13.8. The Kier molecular flexibility index (Phi) is 5.26. The van der Waals surface area contributed by atoms with Crippen molar-refractivity contribution in [2.45, 2.75) is 31.7 Å². The van der Waals surface area contributed by atoms with Crippen molar-refractivity contribution in [3.8, 4) is 0 Å². The van der Waals surface area contributed by atoms with E-state index < -0.39 is 16.1 Å². The van der Waals surface area contributed by atoms with Crippen LogP contribution in [0.2, 0.25) is 0 Å². The minimum Gasteiger partial charge on any atom is -0.374 e. The number of hydrogen-bond acceptors (Lipinski definition) is 4. The van der Waals surface area contributed by atoms with Gasteiger partial charge in [-0.25, -0.2) is 13.6 Å². The van der Waals surface area contributed by atoms with Gasteiger partial charge < -0.3 is 10.6 Å². The Morgan fingerprint density at radius 3 is 2.46 bits per heavy atom. The lowest BCUT2D eigenvalue weighted by Gasteiger charge is -2.18. The van der Waals surface area contributed by atoms with Crippen molar-refractivity contribution in [3.05, 3.63) is 53.6 Å². The Hall–Kier alpha value is -2.38. The summed E-state index contributed by atoms with van der Waals surface area (Å²) in [6.07, 6.45) is 0. The van der Waals surface area contributed by atoms with E-state index in [4.69, 9.17) is 5.14 Å². The first-order valence-electron chi connectivity index (χ1n) is 7.45. The van der Waals surface area contributed by atoms with Crippen LogP contribution in [0.25, 0.3) is 0 Å². The first-order chi connectivity index (χ1) is 11.2. The van der Waals surface area contributed by atoms with Crippen molar-refractivity contribution in [2.75, 3.05) is 10.6 Å². The predicted octanol–water partition coefficient (Wildman–Crippen LogP) is 2.39. The van der Waals surface area contributed by atoms with Gasteiger partial charge in [-0.15, -0.1) is 0 Å². The Balaban J connectivity index is 2.11. The minimum absolute atomic E-state index is 0.0459. The minimum atomic E-state index is -3.81. The molecule has 6 nitrogen and oxygen atoms in total. The number of nitrogens with one attached hydrogen (secondary N) is 2. The van der Waals surface area contributed by atoms with Gasteiger partial charge in [-0.05, 0) is 56.2 Å². The molecule has 0 bridgehead atoms. The fourth-order valence-electron chi connectivity index (χ4n) is 2.21. The van der Waals surface area contributed by atoms with Gasteiger partial charge in [0.1, 0.15) is 6.04 Å². The lowest BCUT2D eigenvalue weighted by atomic mass is 10.1. The van der Waals surface area contributed by atoms with Gasteiger partial charge in [0.15, 0.2) is 0 Å². The molecule has 0 unspecified atom stereocenters. The molecule has 7 heteroatoms. The molecule has 0 saturated heterocycles. The number of carbonyl (C=O) groups is 1. The first-order valence-corrected chi connectivity index (χ1v) is 8.99. The van der Waals surface area contributed by atoms with Crippen LogP contribution in [-0.2, 0) is 14.8 Å². The molecule has 2 aromatic carbocycles. The Bertz CT molecular complexity index is 863. The van der Waals surface area contributed by atoms with E-state index in [1.165, 1.54) is 18.2 Å². The Labute approximate surface area is 142 Å². The van der Waals surface area contributed by atoms with Crippen LogP contribution < -0.4 is 15.8 Å². The first kappa shape index (κ1) is 18.0. The molecular formula is C17H21N3O3S. The van der Waals surface area contributed by atoms with Crippen LogP contribution in [0.5, 0.6) is 0 Å². The normalized spacial score (nSPS) is 12.5. The molecule has 0 aliphatic carbocycles. The second-order valence-corrected chi connectivity index (χ2v) is 7.24.